The summed E-state index contributed by atoms with van der Waals surface area (Å²) in [5, 5.41) is 6.61. The number of thiophene rings is 1. The third-order valence-electron chi connectivity index (χ3n) is 5.10. The van der Waals surface area contributed by atoms with Crippen molar-refractivity contribution in [1.29, 1.82) is 0 Å². The average molecular weight is 482 g/mol. The number of allylic oxidation sites excluding steroid dienone is 1. The van der Waals surface area contributed by atoms with Crippen LogP contribution in [0.2, 0.25) is 5.02 Å². The summed E-state index contributed by atoms with van der Waals surface area (Å²) in [5.41, 5.74) is 2.58. The largest absolute Gasteiger partial charge is 0.497 e. The minimum Gasteiger partial charge on any atom is -0.497 e. The Kier molecular flexibility index (Phi) is 5.74. The smallest absolute Gasteiger partial charge is 0.328 e. The molecule has 0 atom stereocenters. The molecule has 0 amide bonds. The first kappa shape index (κ1) is 21.4. The van der Waals surface area contributed by atoms with Gasteiger partial charge in [-0.15, -0.1) is 11.3 Å². The maximum Gasteiger partial charge on any atom is 0.328 e. The molecule has 0 saturated carbocycles. The van der Waals surface area contributed by atoms with E-state index in [-0.39, 0.29) is 5.92 Å². The highest BCUT2D eigenvalue weighted by atomic mass is 35.5. The van der Waals surface area contributed by atoms with Crippen molar-refractivity contribution in [2.45, 2.75) is 19.8 Å². The molecule has 1 aliphatic rings. The number of halogens is 1. The predicted molar refractivity (Wildman–Crippen MR) is 128 cm³/mol. The standard InChI is InChI=1S/C23H20ClN5O3S/c1-13(2)21-27-23(32-28-21)29-8-6-14(7-9-29)31-22-20-19(25-12-26-22)17(11-33-20)16-5-4-15(30-3)10-18(16)24/h4-8,10-13H,9H2,1-3H3. The molecule has 168 valence electrons. The van der Waals surface area contributed by atoms with E-state index < -0.39 is 0 Å². The molecule has 0 aliphatic carbocycles. The Balaban J connectivity index is 1.37. The third kappa shape index (κ3) is 4.17. The van der Waals surface area contributed by atoms with Crippen LogP contribution >= 0.6 is 22.9 Å². The van der Waals surface area contributed by atoms with Crippen molar-refractivity contribution in [2.75, 3.05) is 18.6 Å². The van der Waals surface area contributed by atoms with E-state index >= 15 is 0 Å². The van der Waals surface area contributed by atoms with Crippen LogP contribution in [0.1, 0.15) is 25.6 Å². The number of aromatic nitrogens is 4. The van der Waals surface area contributed by atoms with Crippen molar-refractivity contribution in [3.05, 3.63) is 64.9 Å². The fourth-order valence-corrected chi connectivity index (χ4v) is 4.54. The SMILES string of the molecule is COc1ccc(-c2csc3c(OC4=CCN(c5nc(C(C)C)no5)C=C4)ncnc23)c(Cl)c1. The van der Waals surface area contributed by atoms with E-state index in [4.69, 9.17) is 25.6 Å². The summed E-state index contributed by atoms with van der Waals surface area (Å²) in [4.78, 5) is 15.1. The third-order valence-corrected chi connectivity index (χ3v) is 6.37. The highest BCUT2D eigenvalue weighted by Gasteiger charge is 2.19. The van der Waals surface area contributed by atoms with Crippen molar-refractivity contribution in [1.82, 2.24) is 20.1 Å². The quantitative estimate of drug-likeness (QED) is 0.340. The molecule has 4 heterocycles. The molecule has 3 aromatic heterocycles. The second-order valence-electron chi connectivity index (χ2n) is 7.62. The van der Waals surface area contributed by atoms with Gasteiger partial charge in [-0.3, -0.25) is 4.90 Å². The number of hydrogen-bond acceptors (Lipinski definition) is 9. The van der Waals surface area contributed by atoms with Gasteiger partial charge in [0.2, 0.25) is 5.88 Å². The number of anilines is 1. The van der Waals surface area contributed by atoms with Gasteiger partial charge in [-0.1, -0.05) is 30.6 Å². The Hall–Kier alpha value is -3.43. The molecule has 33 heavy (non-hydrogen) atoms. The first-order valence-electron chi connectivity index (χ1n) is 10.3. The van der Waals surface area contributed by atoms with Gasteiger partial charge in [0.1, 0.15) is 22.5 Å². The lowest BCUT2D eigenvalue weighted by atomic mass is 10.1. The summed E-state index contributed by atoms with van der Waals surface area (Å²) >= 11 is 8.00. The van der Waals surface area contributed by atoms with Crippen LogP contribution in [0.4, 0.5) is 6.01 Å². The molecule has 0 saturated heterocycles. The summed E-state index contributed by atoms with van der Waals surface area (Å²) < 4.78 is 17.5. The highest BCUT2D eigenvalue weighted by Crippen LogP contribution is 2.40. The number of hydrogen-bond donors (Lipinski definition) is 0. The van der Waals surface area contributed by atoms with Gasteiger partial charge >= 0.3 is 6.01 Å². The van der Waals surface area contributed by atoms with Crippen molar-refractivity contribution in [3.8, 4) is 22.8 Å². The Morgan fingerprint density at radius 1 is 1.21 bits per heavy atom. The van der Waals surface area contributed by atoms with Crippen LogP contribution in [-0.4, -0.2) is 33.8 Å². The van der Waals surface area contributed by atoms with Gasteiger partial charge in [0, 0.05) is 35.2 Å². The van der Waals surface area contributed by atoms with Crippen LogP contribution in [-0.2, 0) is 0 Å². The van der Waals surface area contributed by atoms with Gasteiger partial charge in [-0.2, -0.15) is 4.98 Å². The lowest BCUT2D eigenvalue weighted by molar-refractivity contribution is 0.407. The van der Waals surface area contributed by atoms with Crippen LogP contribution in [0, 0.1) is 0 Å². The Morgan fingerprint density at radius 2 is 2.09 bits per heavy atom. The normalized spacial score (nSPS) is 13.6. The minimum atomic E-state index is 0.203. The Labute approximate surface area is 199 Å². The van der Waals surface area contributed by atoms with Crippen molar-refractivity contribution in [3.63, 3.8) is 0 Å². The van der Waals surface area contributed by atoms with E-state index in [0.717, 1.165) is 21.3 Å². The highest BCUT2D eigenvalue weighted by molar-refractivity contribution is 7.18. The first-order valence-corrected chi connectivity index (χ1v) is 11.5. The van der Waals surface area contributed by atoms with Crippen molar-refractivity contribution < 1.29 is 14.0 Å². The number of rotatable bonds is 6. The van der Waals surface area contributed by atoms with E-state index in [1.807, 2.05) is 54.6 Å². The monoisotopic (exact) mass is 481 g/mol. The molecule has 4 aromatic rings. The number of ether oxygens (including phenoxy) is 2. The average Bonchev–Trinajstić information content (AvgIpc) is 3.48. The van der Waals surface area contributed by atoms with Crippen LogP contribution < -0.4 is 14.4 Å². The molecule has 0 fully saturated rings. The van der Waals surface area contributed by atoms with Crippen LogP contribution in [0.3, 0.4) is 0 Å². The molecule has 1 aromatic carbocycles. The molecular formula is C23H20ClN5O3S. The van der Waals surface area contributed by atoms with E-state index in [0.29, 0.717) is 40.8 Å². The molecule has 0 unspecified atom stereocenters. The molecule has 0 spiro atoms. The summed E-state index contributed by atoms with van der Waals surface area (Å²) in [5.74, 6) is 2.75. The molecule has 5 rings (SSSR count). The molecule has 1 aliphatic heterocycles. The second kappa shape index (κ2) is 8.84. The zero-order valence-electron chi connectivity index (χ0n) is 18.2. The topological polar surface area (TPSA) is 86.4 Å². The van der Waals surface area contributed by atoms with Crippen LogP contribution in [0.5, 0.6) is 11.6 Å². The summed E-state index contributed by atoms with van der Waals surface area (Å²) in [6.45, 7) is 4.58. The molecule has 0 bridgehead atoms. The maximum absolute atomic E-state index is 6.49. The summed E-state index contributed by atoms with van der Waals surface area (Å²) in [6, 6.07) is 6.04. The van der Waals surface area contributed by atoms with E-state index in [2.05, 4.69) is 20.1 Å². The summed E-state index contributed by atoms with van der Waals surface area (Å²) in [7, 11) is 1.61. The first-order chi connectivity index (χ1) is 16.0. The lowest BCUT2D eigenvalue weighted by Crippen LogP contribution is -2.20. The van der Waals surface area contributed by atoms with Crippen LogP contribution in [0.25, 0.3) is 21.3 Å². The van der Waals surface area contributed by atoms with Gasteiger partial charge in [0.15, 0.2) is 5.82 Å². The fraction of sp³-hybridized carbons (Fsp3) is 0.217. The van der Waals surface area contributed by atoms with Gasteiger partial charge in [-0.05, 0) is 30.4 Å². The van der Waals surface area contributed by atoms with E-state index in [9.17, 15) is 0 Å². The Morgan fingerprint density at radius 3 is 2.79 bits per heavy atom. The van der Waals surface area contributed by atoms with Crippen molar-refractivity contribution >= 4 is 39.2 Å². The predicted octanol–water partition coefficient (Wildman–Crippen LogP) is 5.82. The van der Waals surface area contributed by atoms with Gasteiger partial charge in [0.25, 0.3) is 0 Å². The van der Waals surface area contributed by atoms with E-state index in [1.54, 1.807) is 13.2 Å². The molecular weight excluding hydrogens is 462 g/mol. The maximum atomic E-state index is 6.49. The zero-order valence-corrected chi connectivity index (χ0v) is 19.7. The van der Waals surface area contributed by atoms with Crippen molar-refractivity contribution in [2.24, 2.45) is 0 Å². The fourth-order valence-electron chi connectivity index (χ4n) is 3.32. The second-order valence-corrected chi connectivity index (χ2v) is 8.91. The number of methoxy groups -OCH3 is 1. The van der Waals surface area contributed by atoms with Gasteiger partial charge < -0.3 is 14.0 Å². The molecule has 0 radical (unpaired) electrons. The molecule has 10 heteroatoms. The van der Waals surface area contributed by atoms with Crippen LogP contribution in [0.15, 0.2) is 58.5 Å². The Bertz CT molecular complexity index is 1380. The lowest BCUT2D eigenvalue weighted by Gasteiger charge is -2.18. The van der Waals surface area contributed by atoms with E-state index in [1.165, 1.54) is 17.7 Å². The van der Waals surface area contributed by atoms with Gasteiger partial charge in [-0.25, -0.2) is 9.97 Å². The zero-order chi connectivity index (χ0) is 22.9. The number of fused-ring (bicyclic) bond motifs is 1. The minimum absolute atomic E-state index is 0.203. The summed E-state index contributed by atoms with van der Waals surface area (Å²) in [6.07, 6.45) is 7.12. The molecule has 8 nitrogen and oxygen atoms in total. The van der Waals surface area contributed by atoms with Gasteiger partial charge in [0.05, 0.1) is 17.6 Å². The number of benzene rings is 1. The molecule has 0 N–H and O–H groups in total. The number of nitrogens with zero attached hydrogens (tertiary/aromatic N) is 5.